The lowest BCUT2D eigenvalue weighted by Crippen LogP contribution is -2.39. The van der Waals surface area contributed by atoms with Gasteiger partial charge in [0.1, 0.15) is 0 Å². The van der Waals surface area contributed by atoms with Crippen LogP contribution in [0.3, 0.4) is 0 Å². The van der Waals surface area contributed by atoms with Crippen LogP contribution in [0, 0.1) is 11.3 Å². The van der Waals surface area contributed by atoms with Gasteiger partial charge in [-0.3, -0.25) is 9.59 Å². The summed E-state index contributed by atoms with van der Waals surface area (Å²) < 4.78 is 0.726. The van der Waals surface area contributed by atoms with Gasteiger partial charge in [-0.15, -0.1) is 11.3 Å². The number of carboxylic acid groups (broad SMARTS) is 1. The highest BCUT2D eigenvalue weighted by Crippen LogP contribution is 2.31. The molecule has 20 heavy (non-hydrogen) atoms. The molecule has 1 heterocycles. The Hall–Kier alpha value is -1.07. The third-order valence-electron chi connectivity index (χ3n) is 3.61. The van der Waals surface area contributed by atoms with Gasteiger partial charge in [-0.05, 0) is 31.4 Å². The predicted molar refractivity (Wildman–Crippen MR) is 81.2 cm³/mol. The van der Waals surface area contributed by atoms with Gasteiger partial charge in [0.05, 0.1) is 9.75 Å². The van der Waals surface area contributed by atoms with Gasteiger partial charge in [-0.2, -0.15) is 0 Å². The van der Waals surface area contributed by atoms with E-state index in [9.17, 15) is 14.7 Å². The number of amides is 1. The average molecular weight is 318 g/mol. The number of nitrogens with one attached hydrogen (secondary N) is 1. The number of carboxylic acids is 1. The van der Waals surface area contributed by atoms with Crippen molar-refractivity contribution in [2.75, 3.05) is 6.54 Å². The first kappa shape index (κ1) is 17.0. The van der Waals surface area contributed by atoms with Crippen molar-refractivity contribution in [2.45, 2.75) is 33.6 Å². The van der Waals surface area contributed by atoms with Crippen LogP contribution in [0.25, 0.3) is 0 Å². The van der Waals surface area contributed by atoms with E-state index in [1.807, 2.05) is 26.0 Å². The van der Waals surface area contributed by atoms with Crippen molar-refractivity contribution in [3.05, 3.63) is 21.3 Å². The highest BCUT2D eigenvalue weighted by atomic mass is 35.5. The third kappa shape index (κ3) is 4.49. The largest absolute Gasteiger partial charge is 0.481 e. The zero-order valence-electron chi connectivity index (χ0n) is 11.9. The van der Waals surface area contributed by atoms with E-state index in [1.54, 1.807) is 6.92 Å². The van der Waals surface area contributed by atoms with E-state index >= 15 is 0 Å². The van der Waals surface area contributed by atoms with Gasteiger partial charge >= 0.3 is 5.97 Å². The van der Waals surface area contributed by atoms with Gasteiger partial charge in [0.2, 0.25) is 5.91 Å². The Balaban J connectivity index is 2.45. The molecule has 1 rings (SSSR count). The Kier molecular flexibility index (Phi) is 6.02. The second kappa shape index (κ2) is 7.09. The van der Waals surface area contributed by atoms with Crippen molar-refractivity contribution < 1.29 is 14.7 Å². The Morgan fingerprint density at radius 1 is 1.45 bits per heavy atom. The van der Waals surface area contributed by atoms with Crippen LogP contribution in [0.5, 0.6) is 0 Å². The fourth-order valence-corrected chi connectivity index (χ4v) is 2.82. The zero-order chi connectivity index (χ0) is 15.3. The monoisotopic (exact) mass is 317 g/mol. The van der Waals surface area contributed by atoms with E-state index in [0.717, 1.165) is 9.21 Å². The van der Waals surface area contributed by atoms with E-state index in [1.165, 1.54) is 11.3 Å². The highest BCUT2D eigenvalue weighted by molar-refractivity contribution is 7.16. The molecule has 0 fully saturated rings. The molecule has 1 atom stereocenters. The molecule has 0 aromatic carbocycles. The third-order valence-corrected chi connectivity index (χ3v) is 4.90. The van der Waals surface area contributed by atoms with Crippen LogP contribution in [0.15, 0.2) is 12.1 Å². The molecule has 2 N–H and O–H groups in total. The maximum atomic E-state index is 11.9. The molecule has 1 amide bonds. The van der Waals surface area contributed by atoms with Gasteiger partial charge in [-0.25, -0.2) is 0 Å². The molecule has 0 bridgehead atoms. The molecular weight excluding hydrogens is 298 g/mol. The van der Waals surface area contributed by atoms with Gasteiger partial charge in [0.15, 0.2) is 0 Å². The summed E-state index contributed by atoms with van der Waals surface area (Å²) >= 11 is 7.31. The molecule has 0 aliphatic rings. The first-order valence-electron chi connectivity index (χ1n) is 6.50. The normalized spacial score (nSPS) is 14.1. The summed E-state index contributed by atoms with van der Waals surface area (Å²) in [4.78, 5) is 24.3. The Labute approximate surface area is 128 Å². The van der Waals surface area contributed by atoms with Crippen LogP contribution in [-0.2, 0) is 16.0 Å². The molecule has 0 saturated heterocycles. The van der Waals surface area contributed by atoms with Crippen LogP contribution in [0.2, 0.25) is 4.34 Å². The smallest absolute Gasteiger partial charge is 0.310 e. The molecule has 0 radical (unpaired) electrons. The average Bonchev–Trinajstić information content (AvgIpc) is 2.74. The molecule has 0 spiro atoms. The first-order chi connectivity index (χ1) is 9.25. The lowest BCUT2D eigenvalue weighted by molar-refractivity contribution is -0.153. The maximum Gasteiger partial charge on any atom is 0.310 e. The lowest BCUT2D eigenvalue weighted by Gasteiger charge is -2.28. The maximum absolute atomic E-state index is 11.9. The standard InChI is InChI=1S/C14H20ClNO3S/c1-9(2)14(3,13(18)19)8-12(17)16-7-6-10-4-5-11(15)20-10/h4-5,9H,6-8H2,1-3H3,(H,16,17)(H,18,19). The van der Waals surface area contributed by atoms with Crippen LogP contribution in [0.4, 0.5) is 0 Å². The summed E-state index contributed by atoms with van der Waals surface area (Å²) in [5, 5.41) is 12.0. The van der Waals surface area contributed by atoms with E-state index in [4.69, 9.17) is 11.6 Å². The minimum atomic E-state index is -1.03. The number of halogens is 1. The molecule has 6 heteroatoms. The fraction of sp³-hybridized carbons (Fsp3) is 0.571. The second-order valence-corrected chi connectivity index (χ2v) is 7.16. The molecule has 1 aromatic rings. The van der Waals surface area contributed by atoms with Gasteiger partial charge in [0.25, 0.3) is 0 Å². The quantitative estimate of drug-likeness (QED) is 0.811. The highest BCUT2D eigenvalue weighted by Gasteiger charge is 2.38. The molecule has 1 unspecified atom stereocenters. The summed E-state index contributed by atoms with van der Waals surface area (Å²) in [6, 6.07) is 3.75. The van der Waals surface area contributed by atoms with Crippen molar-refractivity contribution in [2.24, 2.45) is 11.3 Å². The van der Waals surface area contributed by atoms with Crippen LogP contribution in [0.1, 0.15) is 32.1 Å². The molecule has 0 saturated carbocycles. The number of rotatable bonds is 7. The van der Waals surface area contributed by atoms with Crippen LogP contribution in [-0.4, -0.2) is 23.5 Å². The Morgan fingerprint density at radius 2 is 2.10 bits per heavy atom. The summed E-state index contributed by atoms with van der Waals surface area (Å²) in [5.74, 6) is -1.28. The zero-order valence-corrected chi connectivity index (χ0v) is 13.5. The van der Waals surface area contributed by atoms with E-state index < -0.39 is 11.4 Å². The summed E-state index contributed by atoms with van der Waals surface area (Å²) in [7, 11) is 0. The first-order valence-corrected chi connectivity index (χ1v) is 7.69. The number of thiophene rings is 1. The van der Waals surface area contributed by atoms with E-state index in [-0.39, 0.29) is 18.2 Å². The molecule has 1 aromatic heterocycles. The van der Waals surface area contributed by atoms with Gasteiger partial charge in [-0.1, -0.05) is 25.4 Å². The molecule has 0 aliphatic carbocycles. The number of carbonyl (C=O) groups excluding carboxylic acids is 1. The molecule has 4 nitrogen and oxygen atoms in total. The van der Waals surface area contributed by atoms with Gasteiger partial charge in [0, 0.05) is 17.8 Å². The van der Waals surface area contributed by atoms with Crippen molar-refractivity contribution in [1.29, 1.82) is 0 Å². The fourth-order valence-electron chi connectivity index (χ4n) is 1.73. The number of aliphatic carboxylic acids is 1. The summed E-state index contributed by atoms with van der Waals surface area (Å²) in [6.45, 7) is 5.73. The van der Waals surface area contributed by atoms with Crippen molar-refractivity contribution in [3.63, 3.8) is 0 Å². The minimum Gasteiger partial charge on any atom is -0.481 e. The van der Waals surface area contributed by atoms with Crippen molar-refractivity contribution in [3.8, 4) is 0 Å². The Morgan fingerprint density at radius 3 is 2.55 bits per heavy atom. The number of hydrogen-bond donors (Lipinski definition) is 2. The topological polar surface area (TPSA) is 66.4 Å². The molecule has 112 valence electrons. The lowest BCUT2D eigenvalue weighted by atomic mass is 9.76. The van der Waals surface area contributed by atoms with Crippen molar-refractivity contribution in [1.82, 2.24) is 5.32 Å². The predicted octanol–water partition coefficient (Wildman–Crippen LogP) is 3.20. The summed E-state index contributed by atoms with van der Waals surface area (Å²) in [5.41, 5.74) is -1.03. The summed E-state index contributed by atoms with van der Waals surface area (Å²) in [6.07, 6.45) is 0.694. The SMILES string of the molecule is CC(C)C(C)(CC(=O)NCCc1ccc(Cl)s1)C(=O)O. The number of hydrogen-bond acceptors (Lipinski definition) is 3. The molecular formula is C14H20ClNO3S. The van der Waals surface area contributed by atoms with Gasteiger partial charge < -0.3 is 10.4 Å². The number of carbonyl (C=O) groups is 2. The molecule has 0 aliphatic heterocycles. The van der Waals surface area contributed by atoms with Crippen LogP contribution < -0.4 is 5.32 Å². The van der Waals surface area contributed by atoms with Crippen molar-refractivity contribution >= 4 is 34.8 Å². The van der Waals surface area contributed by atoms with E-state index in [0.29, 0.717) is 13.0 Å². The van der Waals surface area contributed by atoms with E-state index in [2.05, 4.69) is 5.32 Å². The second-order valence-electron chi connectivity index (χ2n) is 5.36. The van der Waals surface area contributed by atoms with Crippen LogP contribution >= 0.6 is 22.9 Å². The minimum absolute atomic E-state index is 0.00873. The Bertz CT molecular complexity index is 487.